The highest BCUT2D eigenvalue weighted by molar-refractivity contribution is 7.90. The van der Waals surface area contributed by atoms with E-state index in [0.717, 1.165) is 5.56 Å². The first-order chi connectivity index (χ1) is 50.9. The van der Waals surface area contributed by atoms with E-state index in [0.29, 0.717) is 60.6 Å². The number of halogens is 2. The second-order valence-electron chi connectivity index (χ2n) is 24.1. The number of aryl methyl sites for hydroxylation is 1. The van der Waals surface area contributed by atoms with Crippen molar-refractivity contribution in [1.29, 1.82) is 0 Å². The molecule has 0 aliphatic carbocycles. The maximum atomic E-state index is 12.4. The van der Waals surface area contributed by atoms with Gasteiger partial charge in [-0.2, -0.15) is 5.10 Å². The van der Waals surface area contributed by atoms with Gasteiger partial charge in [0.05, 0.1) is 62.8 Å². The van der Waals surface area contributed by atoms with Crippen LogP contribution in [0.2, 0.25) is 10.0 Å². The predicted octanol–water partition coefficient (Wildman–Crippen LogP) is 8.57. The number of benzene rings is 6. The van der Waals surface area contributed by atoms with Gasteiger partial charge in [-0.1, -0.05) is 77.8 Å². The van der Waals surface area contributed by atoms with Gasteiger partial charge >= 0.3 is 0 Å². The number of nitrogens with one attached hydrogen (secondary N) is 4. The number of nitrogens with zero attached hydrogens (tertiary/aromatic N) is 6. The summed E-state index contributed by atoms with van der Waals surface area (Å²) in [6.07, 6.45) is 11.5. The van der Waals surface area contributed by atoms with Crippen molar-refractivity contribution < 1.29 is 62.3 Å². The van der Waals surface area contributed by atoms with Gasteiger partial charge in [0.25, 0.3) is 5.56 Å². The lowest BCUT2D eigenvalue weighted by atomic mass is 10.1. The number of sulfonamides is 4. The van der Waals surface area contributed by atoms with E-state index < -0.39 is 51.6 Å². The number of hydrogen-bond donors (Lipinski definition) is 8. The minimum atomic E-state index is -4.06. The molecule has 0 atom stereocenters. The van der Waals surface area contributed by atoms with Crippen molar-refractivity contribution in [3.63, 3.8) is 0 Å². The number of anilines is 4. The predicted molar refractivity (Wildman–Crippen MR) is 410 cm³/mol. The van der Waals surface area contributed by atoms with Gasteiger partial charge in [-0.25, -0.2) is 54.2 Å². The number of carbonyl (C=O) groups excluding carboxylic acids is 4. The first-order valence-corrected chi connectivity index (χ1v) is 38.8. The van der Waals surface area contributed by atoms with E-state index in [1.54, 1.807) is 177 Å². The van der Waals surface area contributed by atoms with Crippen molar-refractivity contribution in [2.75, 3.05) is 35.0 Å². The molecule has 5 aromatic heterocycles. The Bertz CT molecular complexity index is 5610. The fourth-order valence-electron chi connectivity index (χ4n) is 9.71. The Balaban J connectivity index is 0.000000181. The van der Waals surface area contributed by atoms with Crippen LogP contribution in [0.4, 0.5) is 22.7 Å². The third-order valence-electron chi connectivity index (χ3n) is 15.0. The Hall–Kier alpha value is -11.2. The van der Waals surface area contributed by atoms with Gasteiger partial charge in [-0.15, -0.1) is 0 Å². The maximum Gasteiger partial charge on any atom is 0.255 e. The third-order valence-corrected chi connectivity index (χ3v) is 19.2. The second kappa shape index (κ2) is 36.9. The van der Waals surface area contributed by atoms with E-state index in [4.69, 9.17) is 53.2 Å². The summed E-state index contributed by atoms with van der Waals surface area (Å²) in [4.78, 5) is 72.8. The lowest BCUT2D eigenvalue weighted by molar-refractivity contribution is -0.116. The number of pyridine rings is 4. The Labute approximate surface area is 632 Å². The molecule has 108 heavy (non-hydrogen) atoms. The van der Waals surface area contributed by atoms with Crippen molar-refractivity contribution in [2.24, 2.45) is 27.6 Å². The van der Waals surface area contributed by atoms with E-state index in [2.05, 4.69) is 41.3 Å². The van der Waals surface area contributed by atoms with Gasteiger partial charge in [0.1, 0.15) is 12.4 Å². The molecular formula is C73H72Cl2N14O15S4. The molecule has 0 aliphatic rings. The van der Waals surface area contributed by atoms with E-state index in [1.165, 1.54) is 77.5 Å². The van der Waals surface area contributed by atoms with Crippen LogP contribution in [-0.2, 0) is 96.7 Å². The molecule has 11 aromatic rings. The number of primary sulfonamides is 4. The van der Waals surface area contributed by atoms with Gasteiger partial charge in [-0.05, 0) is 157 Å². The third kappa shape index (κ3) is 26.1. The molecule has 4 amide bonds. The van der Waals surface area contributed by atoms with Crippen LogP contribution in [0, 0.1) is 0 Å². The molecule has 6 aromatic carbocycles. The van der Waals surface area contributed by atoms with Crippen LogP contribution in [0.15, 0.2) is 256 Å². The molecule has 0 bridgehead atoms. The molecule has 0 fully saturated rings. The summed E-state index contributed by atoms with van der Waals surface area (Å²) in [6, 6.07) is 49.4. The molecule has 11 rings (SSSR count). The SMILES string of the molecule is COC(C)(C)COc1cc(NC(=O)Cc2cccnc2)cc(S(N)(=O)=O)c1.Cn1cc(-c2cc(NC(=O)Cc3ccccn3)cc(S(N)(=O)=O)c2)cn1.NS(=O)(=O)c1cc(NC(=O)Cc2ccccc2Cl)cc(-n2ccccc2=O)c1.NS(=O)(=O)c1cc(NC(=O)Cc2ccccn2)cc(-c2cccc(Cl)c2)c1. The van der Waals surface area contributed by atoms with E-state index in [9.17, 15) is 57.6 Å². The minimum Gasteiger partial charge on any atom is -0.490 e. The van der Waals surface area contributed by atoms with Gasteiger partial charge in [0.15, 0.2) is 0 Å². The van der Waals surface area contributed by atoms with Crippen molar-refractivity contribution in [3.05, 3.63) is 274 Å². The summed E-state index contributed by atoms with van der Waals surface area (Å²) >= 11 is 12.1. The number of rotatable bonds is 23. The highest BCUT2D eigenvalue weighted by Crippen LogP contribution is 2.31. The van der Waals surface area contributed by atoms with Crippen LogP contribution in [0.3, 0.4) is 0 Å². The number of methoxy groups -OCH3 is 1. The standard InChI is InChI=1S/C19H16ClN3O4S.C19H16ClN3O3S.C18H23N3O5S.C17H17N5O3S/c20-17-6-2-1-5-13(17)9-18(24)22-14-10-15(12-16(11-14)28(21,26)27)23-8-4-3-7-19(23)25;20-15-5-3-4-13(8-15)14-9-17(11-18(10-14)27(21,25)26)23-19(24)12-16-6-1-2-7-22-16;1-18(2,25-3)12-26-15-8-14(9-16(10-15)27(19,23)24)21-17(22)7-13-5-4-6-20-11-13;1-22-11-13(10-20-22)12-6-15(8-16(7-12)26(18,24)25)21-17(23)9-14-4-2-3-5-19-14/h1-8,10-12H,9H2,(H,22,24)(H2,21,26,27);1-11H,12H2,(H,23,24)(H2,21,25,26);4-6,8-11H,7,12H2,1-3H3,(H,21,22)(H2,19,23,24);2-8,10-11H,9H2,1H3,(H,21,23)(H2,18,24,25). The molecule has 0 aliphatic heterocycles. The van der Waals surface area contributed by atoms with E-state index >= 15 is 0 Å². The lowest BCUT2D eigenvalue weighted by Crippen LogP contribution is -2.30. The number of nitrogens with two attached hydrogens (primary N) is 4. The minimum absolute atomic E-state index is 0.000104. The van der Waals surface area contributed by atoms with Crippen LogP contribution in [-0.4, -0.2) is 106 Å². The monoisotopic (exact) mass is 1580 g/mol. The van der Waals surface area contributed by atoms with Crippen LogP contribution >= 0.6 is 23.2 Å². The van der Waals surface area contributed by atoms with Gasteiger partial charge in [0.2, 0.25) is 63.7 Å². The molecule has 0 spiro atoms. The highest BCUT2D eigenvalue weighted by Gasteiger charge is 2.22. The topological polar surface area (TPSA) is 454 Å². The maximum absolute atomic E-state index is 12.4. The summed E-state index contributed by atoms with van der Waals surface area (Å²) in [5.41, 5.74) is 5.56. The first kappa shape index (κ1) is 82.4. The Morgan fingerprint density at radius 2 is 0.991 bits per heavy atom. The summed E-state index contributed by atoms with van der Waals surface area (Å²) in [6.45, 7) is 3.83. The molecule has 12 N–H and O–H groups in total. The van der Waals surface area contributed by atoms with Crippen LogP contribution in [0.1, 0.15) is 36.4 Å². The quantitative estimate of drug-likeness (QED) is 0.0297. The normalized spacial score (nSPS) is 11.4. The second-order valence-corrected chi connectivity index (χ2v) is 31.2. The number of amides is 4. The van der Waals surface area contributed by atoms with Crippen molar-refractivity contribution >= 4 is 110 Å². The average molecular weight is 1580 g/mol. The van der Waals surface area contributed by atoms with Gasteiger partial charge in [-0.3, -0.25) is 48.2 Å². The Morgan fingerprint density at radius 3 is 1.48 bits per heavy atom. The number of ether oxygens (including phenoxy) is 2. The van der Waals surface area contributed by atoms with Crippen molar-refractivity contribution in [3.8, 4) is 33.7 Å². The molecular weight excluding hydrogens is 1510 g/mol. The summed E-state index contributed by atoms with van der Waals surface area (Å²) in [5.74, 6) is -1.10. The van der Waals surface area contributed by atoms with Crippen LogP contribution in [0.25, 0.3) is 27.9 Å². The number of carbonyl (C=O) groups is 4. The van der Waals surface area contributed by atoms with Crippen molar-refractivity contribution in [2.45, 2.75) is 64.7 Å². The van der Waals surface area contributed by atoms with E-state index in [-0.39, 0.29) is 98.0 Å². The number of hydrogen-bond acceptors (Lipinski definition) is 19. The molecule has 0 unspecified atom stereocenters. The molecule has 0 radical (unpaired) electrons. The molecule has 0 saturated heterocycles. The van der Waals surface area contributed by atoms with Gasteiger partial charge in [0, 0.05) is 119 Å². The molecule has 29 nitrogen and oxygen atoms in total. The molecule has 562 valence electrons. The van der Waals surface area contributed by atoms with Gasteiger partial charge < -0.3 is 30.7 Å². The largest absolute Gasteiger partial charge is 0.490 e. The zero-order valence-corrected chi connectivity index (χ0v) is 62.8. The van der Waals surface area contributed by atoms with Crippen molar-refractivity contribution in [1.82, 2.24) is 29.3 Å². The summed E-state index contributed by atoms with van der Waals surface area (Å²) in [5, 5.41) is 36.7. The fraction of sp³-hybridized carbons (Fsp3) is 0.137. The molecule has 5 heterocycles. The summed E-state index contributed by atoms with van der Waals surface area (Å²) in [7, 11) is -12.6. The van der Waals surface area contributed by atoms with Crippen LogP contribution < -0.4 is 52.1 Å². The zero-order chi connectivity index (χ0) is 78.6. The molecule has 0 saturated carbocycles. The Kier molecular flexibility index (Phi) is 28.1. The fourth-order valence-corrected chi connectivity index (χ4v) is 12.4. The van der Waals surface area contributed by atoms with Crippen LogP contribution in [0.5, 0.6) is 5.75 Å². The zero-order valence-electron chi connectivity index (χ0n) is 58.0. The highest BCUT2D eigenvalue weighted by atomic mass is 35.5. The Morgan fingerprint density at radius 1 is 0.491 bits per heavy atom. The summed E-state index contributed by atoms with van der Waals surface area (Å²) < 4.78 is 108. The smallest absolute Gasteiger partial charge is 0.255 e. The first-order valence-electron chi connectivity index (χ1n) is 31.9. The lowest BCUT2D eigenvalue weighted by Gasteiger charge is -2.23. The van der Waals surface area contributed by atoms with E-state index in [1.807, 2.05) is 13.8 Å². The average Bonchev–Trinajstić information content (AvgIpc) is 1.02. The number of aromatic nitrogens is 6. The molecule has 35 heteroatoms.